The van der Waals surface area contributed by atoms with Crippen LogP contribution in [0.4, 0.5) is 23.2 Å². The number of likely N-dealkylation sites (tertiary alicyclic amines) is 1. The second-order valence-corrected chi connectivity index (χ2v) is 8.14. The minimum atomic E-state index is -4.42. The number of piperidine rings is 1. The van der Waals surface area contributed by atoms with Gasteiger partial charge in [0.05, 0.1) is 12.3 Å². The molecule has 0 saturated carbocycles. The number of hydrogen-bond acceptors (Lipinski definition) is 3. The van der Waals surface area contributed by atoms with E-state index in [-0.39, 0.29) is 41.6 Å². The van der Waals surface area contributed by atoms with E-state index in [1.165, 1.54) is 24.3 Å². The largest absolute Gasteiger partial charge is 0.484 e. The number of halogens is 4. The molecule has 5 nitrogen and oxygen atoms in total. The van der Waals surface area contributed by atoms with Gasteiger partial charge in [0, 0.05) is 25.3 Å². The first kappa shape index (κ1) is 22.1. The van der Waals surface area contributed by atoms with E-state index in [0.717, 1.165) is 6.42 Å². The molecular formula is C23H22F4N2O3. The molecule has 0 aromatic heterocycles. The normalized spacial score (nSPS) is 20.9. The van der Waals surface area contributed by atoms with Crippen LogP contribution < -0.4 is 9.64 Å². The summed E-state index contributed by atoms with van der Waals surface area (Å²) in [5.74, 6) is -0.725. The lowest BCUT2D eigenvalue weighted by Gasteiger charge is -2.33. The fourth-order valence-corrected chi connectivity index (χ4v) is 4.28. The van der Waals surface area contributed by atoms with E-state index in [1.807, 2.05) is 0 Å². The maximum atomic E-state index is 13.1. The second-order valence-electron chi connectivity index (χ2n) is 8.14. The van der Waals surface area contributed by atoms with E-state index in [1.54, 1.807) is 34.1 Å². The number of ether oxygens (including phenoxy) is 1. The summed E-state index contributed by atoms with van der Waals surface area (Å²) in [4.78, 5) is 29.1. The van der Waals surface area contributed by atoms with E-state index >= 15 is 0 Å². The average Bonchev–Trinajstić information content (AvgIpc) is 3.20. The van der Waals surface area contributed by atoms with Gasteiger partial charge in [-0.05, 0) is 54.3 Å². The van der Waals surface area contributed by atoms with Crippen molar-refractivity contribution in [1.29, 1.82) is 0 Å². The number of nitrogens with zero attached hydrogens (tertiary/aromatic N) is 2. The van der Waals surface area contributed by atoms with Crippen molar-refractivity contribution in [3.8, 4) is 5.75 Å². The van der Waals surface area contributed by atoms with Crippen LogP contribution in [0.1, 0.15) is 12.0 Å². The van der Waals surface area contributed by atoms with Gasteiger partial charge in [0.25, 0.3) is 0 Å². The van der Waals surface area contributed by atoms with Gasteiger partial charge in [-0.3, -0.25) is 9.59 Å². The van der Waals surface area contributed by atoms with Gasteiger partial charge in [-0.1, -0.05) is 12.1 Å². The third-order valence-corrected chi connectivity index (χ3v) is 5.92. The Hall–Kier alpha value is -3.10. The lowest BCUT2D eigenvalue weighted by atomic mass is 9.87. The Balaban J connectivity index is 1.37. The van der Waals surface area contributed by atoms with Crippen molar-refractivity contribution in [3.63, 3.8) is 0 Å². The summed E-state index contributed by atoms with van der Waals surface area (Å²) in [6, 6.07) is 11.7. The van der Waals surface area contributed by atoms with Gasteiger partial charge in [-0.25, -0.2) is 4.39 Å². The van der Waals surface area contributed by atoms with Gasteiger partial charge in [-0.15, -0.1) is 0 Å². The molecule has 170 valence electrons. The molecule has 2 heterocycles. The number of benzene rings is 2. The lowest BCUT2D eigenvalue weighted by Crippen LogP contribution is -2.45. The van der Waals surface area contributed by atoms with Crippen molar-refractivity contribution < 1.29 is 31.9 Å². The molecule has 2 aromatic carbocycles. The third kappa shape index (κ3) is 5.03. The highest BCUT2D eigenvalue weighted by Crippen LogP contribution is 2.35. The number of amides is 2. The Bertz CT molecular complexity index is 976. The van der Waals surface area contributed by atoms with Crippen LogP contribution in [-0.2, 0) is 16.0 Å². The highest BCUT2D eigenvalue weighted by molar-refractivity contribution is 5.97. The number of carbonyl (C=O) groups is 2. The Kier molecular flexibility index (Phi) is 6.08. The molecule has 2 unspecified atom stereocenters. The van der Waals surface area contributed by atoms with E-state index in [2.05, 4.69) is 0 Å². The summed E-state index contributed by atoms with van der Waals surface area (Å²) in [6.45, 7) is -0.0649. The number of hydrogen-bond donors (Lipinski definition) is 0. The first-order chi connectivity index (χ1) is 15.2. The lowest BCUT2D eigenvalue weighted by molar-refractivity contribution is -0.153. The minimum Gasteiger partial charge on any atom is -0.484 e. The van der Waals surface area contributed by atoms with Crippen LogP contribution >= 0.6 is 0 Å². The Morgan fingerprint density at radius 1 is 1.03 bits per heavy atom. The van der Waals surface area contributed by atoms with Gasteiger partial charge in [0.2, 0.25) is 11.8 Å². The molecule has 0 N–H and O–H groups in total. The molecule has 2 aliphatic rings. The molecule has 4 rings (SSSR count). The zero-order chi connectivity index (χ0) is 22.9. The fourth-order valence-electron chi connectivity index (χ4n) is 4.28. The quantitative estimate of drug-likeness (QED) is 0.651. The van der Waals surface area contributed by atoms with Gasteiger partial charge < -0.3 is 14.5 Å². The van der Waals surface area contributed by atoms with Crippen molar-refractivity contribution >= 4 is 17.5 Å². The molecule has 9 heteroatoms. The molecule has 0 aliphatic carbocycles. The standard InChI is InChI=1S/C23H22F4N2O3/c24-17-3-1-15(2-4-17)11-21(30)28-12-16-9-10-29(22(31)20(16)13-28)18-5-7-19(8-6-18)32-14-23(25,26)27/h1-8,16,20H,9-14H2. The van der Waals surface area contributed by atoms with Crippen LogP contribution in [0.15, 0.2) is 48.5 Å². The van der Waals surface area contributed by atoms with Crippen molar-refractivity contribution in [2.75, 3.05) is 31.1 Å². The van der Waals surface area contributed by atoms with E-state index < -0.39 is 12.8 Å². The molecule has 2 amide bonds. The predicted molar refractivity (Wildman–Crippen MR) is 109 cm³/mol. The number of anilines is 1. The van der Waals surface area contributed by atoms with Crippen LogP contribution in [-0.4, -0.2) is 49.1 Å². The van der Waals surface area contributed by atoms with E-state index in [0.29, 0.717) is 30.9 Å². The van der Waals surface area contributed by atoms with Crippen LogP contribution in [0.5, 0.6) is 5.75 Å². The second kappa shape index (κ2) is 8.80. The predicted octanol–water partition coefficient (Wildman–Crippen LogP) is 3.82. The van der Waals surface area contributed by atoms with Crippen LogP contribution in [0.3, 0.4) is 0 Å². The highest BCUT2D eigenvalue weighted by Gasteiger charge is 2.44. The molecule has 2 saturated heterocycles. The monoisotopic (exact) mass is 450 g/mol. The van der Waals surface area contributed by atoms with Crippen molar-refractivity contribution in [2.24, 2.45) is 11.8 Å². The van der Waals surface area contributed by atoms with Crippen molar-refractivity contribution in [3.05, 3.63) is 59.9 Å². The van der Waals surface area contributed by atoms with Crippen LogP contribution in [0, 0.1) is 17.7 Å². The number of alkyl halides is 3. The molecule has 2 atom stereocenters. The molecule has 2 aromatic rings. The van der Waals surface area contributed by atoms with Crippen LogP contribution in [0.25, 0.3) is 0 Å². The molecule has 0 radical (unpaired) electrons. The summed E-state index contributed by atoms with van der Waals surface area (Å²) in [7, 11) is 0. The Morgan fingerprint density at radius 3 is 2.38 bits per heavy atom. The van der Waals surface area contributed by atoms with Gasteiger partial charge in [-0.2, -0.15) is 13.2 Å². The summed E-state index contributed by atoms with van der Waals surface area (Å²) in [5.41, 5.74) is 1.30. The maximum Gasteiger partial charge on any atom is 0.422 e. The maximum absolute atomic E-state index is 13.1. The fraction of sp³-hybridized carbons (Fsp3) is 0.391. The molecule has 2 aliphatic heterocycles. The summed E-state index contributed by atoms with van der Waals surface area (Å²) >= 11 is 0. The molecule has 0 bridgehead atoms. The summed E-state index contributed by atoms with van der Waals surface area (Å²) in [6.07, 6.45) is -3.54. The number of fused-ring (bicyclic) bond motifs is 1. The minimum absolute atomic E-state index is 0.0744. The SMILES string of the molecule is O=C(Cc1ccc(F)cc1)N1CC2CCN(c3ccc(OCC(F)(F)F)cc3)C(=O)C2C1. The van der Waals surface area contributed by atoms with Gasteiger partial charge >= 0.3 is 6.18 Å². The van der Waals surface area contributed by atoms with Crippen molar-refractivity contribution in [1.82, 2.24) is 4.90 Å². The van der Waals surface area contributed by atoms with Crippen LogP contribution in [0.2, 0.25) is 0 Å². The van der Waals surface area contributed by atoms with Gasteiger partial charge in [0.1, 0.15) is 11.6 Å². The zero-order valence-corrected chi connectivity index (χ0v) is 17.1. The number of rotatable bonds is 5. The molecule has 2 fully saturated rings. The third-order valence-electron chi connectivity index (χ3n) is 5.92. The first-order valence-corrected chi connectivity index (χ1v) is 10.3. The first-order valence-electron chi connectivity index (χ1n) is 10.3. The van der Waals surface area contributed by atoms with Gasteiger partial charge in [0.15, 0.2) is 6.61 Å². The topological polar surface area (TPSA) is 49.9 Å². The molecule has 0 spiro atoms. The van der Waals surface area contributed by atoms with Crippen molar-refractivity contribution in [2.45, 2.75) is 19.0 Å². The average molecular weight is 450 g/mol. The summed E-state index contributed by atoms with van der Waals surface area (Å²) in [5, 5.41) is 0. The Morgan fingerprint density at radius 2 is 1.72 bits per heavy atom. The smallest absolute Gasteiger partial charge is 0.422 e. The number of carbonyl (C=O) groups excluding carboxylic acids is 2. The molecular weight excluding hydrogens is 428 g/mol. The Labute approximate surface area is 182 Å². The van der Waals surface area contributed by atoms with E-state index in [9.17, 15) is 27.2 Å². The summed E-state index contributed by atoms with van der Waals surface area (Å²) < 4.78 is 54.7. The molecule has 32 heavy (non-hydrogen) atoms. The zero-order valence-electron chi connectivity index (χ0n) is 17.1. The highest BCUT2D eigenvalue weighted by atomic mass is 19.4. The van der Waals surface area contributed by atoms with E-state index in [4.69, 9.17) is 4.74 Å².